The van der Waals surface area contributed by atoms with Crippen molar-refractivity contribution in [2.24, 2.45) is 0 Å². The van der Waals surface area contributed by atoms with Crippen molar-refractivity contribution in [1.82, 2.24) is 0 Å². The number of hydrogen-bond donors (Lipinski definition) is 0. The van der Waals surface area contributed by atoms with Gasteiger partial charge in [0.05, 0.1) is 0 Å². The van der Waals surface area contributed by atoms with Crippen LogP contribution in [0.1, 0.15) is 0 Å². The first-order valence-electron chi connectivity index (χ1n) is 7.76. The van der Waals surface area contributed by atoms with Gasteiger partial charge in [0.15, 0.2) is 0 Å². The highest BCUT2D eigenvalue weighted by Gasteiger charge is 2.09. The number of benzene rings is 4. The summed E-state index contributed by atoms with van der Waals surface area (Å²) in [4.78, 5) is 0. The average Bonchev–Trinajstić information content (AvgIpc) is 2.63. The van der Waals surface area contributed by atoms with Crippen molar-refractivity contribution in [2.45, 2.75) is 0 Å². The molecule has 0 saturated heterocycles. The molecule has 0 aliphatic rings. The van der Waals surface area contributed by atoms with Crippen LogP contribution in [0.3, 0.4) is 0 Å². The minimum atomic E-state index is 1.11. The quantitative estimate of drug-likeness (QED) is 0.301. The molecule has 116 valence electrons. The predicted molar refractivity (Wildman–Crippen MR) is 110 cm³/mol. The van der Waals surface area contributed by atoms with E-state index in [1.807, 2.05) is 12.1 Å². The van der Waals surface area contributed by atoms with Crippen LogP contribution >= 0.6 is 31.9 Å². The summed E-state index contributed by atoms with van der Waals surface area (Å²) in [7, 11) is 0. The Balaban J connectivity index is 1.93. The molecular formula is C22H14Br2. The maximum atomic E-state index is 3.77. The van der Waals surface area contributed by atoms with Gasteiger partial charge in [0, 0.05) is 8.95 Å². The van der Waals surface area contributed by atoms with Gasteiger partial charge >= 0.3 is 0 Å². The van der Waals surface area contributed by atoms with Crippen LogP contribution in [0.15, 0.2) is 93.9 Å². The van der Waals surface area contributed by atoms with Gasteiger partial charge in [-0.15, -0.1) is 0 Å². The molecule has 4 rings (SSSR count). The molecule has 24 heavy (non-hydrogen) atoms. The molecule has 0 bridgehead atoms. The van der Waals surface area contributed by atoms with Crippen LogP contribution in [-0.2, 0) is 0 Å². The molecule has 4 aromatic carbocycles. The molecule has 0 aromatic heterocycles. The molecule has 0 heterocycles. The van der Waals surface area contributed by atoms with Crippen molar-refractivity contribution in [1.29, 1.82) is 0 Å². The third-order valence-corrected chi connectivity index (χ3v) is 5.50. The van der Waals surface area contributed by atoms with E-state index in [0.717, 1.165) is 8.95 Å². The van der Waals surface area contributed by atoms with E-state index in [0.29, 0.717) is 0 Å². The fourth-order valence-electron chi connectivity index (χ4n) is 2.97. The molecule has 4 aromatic rings. The Bertz CT molecular complexity index is 921. The second-order valence-corrected chi connectivity index (χ2v) is 7.45. The van der Waals surface area contributed by atoms with E-state index < -0.39 is 0 Å². The lowest BCUT2D eigenvalue weighted by Gasteiger charge is -2.11. The van der Waals surface area contributed by atoms with Gasteiger partial charge in [-0.05, 0) is 57.3 Å². The molecule has 0 radical (unpaired) electrons. The predicted octanol–water partition coefficient (Wildman–Crippen LogP) is 7.70. The second-order valence-electron chi connectivity index (χ2n) is 5.74. The molecule has 0 N–H and O–H groups in total. The van der Waals surface area contributed by atoms with Gasteiger partial charge in [0.25, 0.3) is 0 Å². The van der Waals surface area contributed by atoms with E-state index in [4.69, 9.17) is 0 Å². The summed E-state index contributed by atoms with van der Waals surface area (Å²) < 4.78 is 2.22. The van der Waals surface area contributed by atoms with Gasteiger partial charge < -0.3 is 0 Å². The molecule has 0 fully saturated rings. The van der Waals surface area contributed by atoms with Crippen LogP contribution in [0.4, 0.5) is 0 Å². The Morgan fingerprint density at radius 1 is 0.417 bits per heavy atom. The molecule has 0 unspecified atom stereocenters. The van der Waals surface area contributed by atoms with Crippen molar-refractivity contribution in [2.75, 3.05) is 0 Å². The lowest BCUT2D eigenvalue weighted by Crippen LogP contribution is -1.85. The Morgan fingerprint density at radius 3 is 1.17 bits per heavy atom. The van der Waals surface area contributed by atoms with Gasteiger partial charge in [-0.3, -0.25) is 0 Å². The van der Waals surface area contributed by atoms with E-state index in [2.05, 4.69) is 105 Å². The third kappa shape index (κ3) is 2.92. The summed E-state index contributed by atoms with van der Waals surface area (Å²) in [6.45, 7) is 0. The molecule has 0 aliphatic carbocycles. The fourth-order valence-corrected chi connectivity index (χ4v) is 4.12. The Labute approximate surface area is 158 Å². The fraction of sp³-hybridized carbons (Fsp3) is 0. The van der Waals surface area contributed by atoms with Crippen molar-refractivity contribution in [3.63, 3.8) is 0 Å². The highest BCUT2D eigenvalue weighted by Crippen LogP contribution is 2.38. The summed E-state index contributed by atoms with van der Waals surface area (Å²) >= 11 is 7.53. The summed E-state index contributed by atoms with van der Waals surface area (Å²) in [6.07, 6.45) is 0. The van der Waals surface area contributed by atoms with Gasteiger partial charge in [-0.25, -0.2) is 0 Å². The molecule has 0 spiro atoms. The van der Waals surface area contributed by atoms with Crippen LogP contribution in [0.25, 0.3) is 33.0 Å². The van der Waals surface area contributed by atoms with Gasteiger partial charge in [-0.2, -0.15) is 0 Å². The number of hydrogen-bond acceptors (Lipinski definition) is 0. The minimum absolute atomic E-state index is 1.11. The monoisotopic (exact) mass is 436 g/mol. The Kier molecular flexibility index (Phi) is 4.26. The van der Waals surface area contributed by atoms with E-state index in [-0.39, 0.29) is 0 Å². The van der Waals surface area contributed by atoms with Crippen molar-refractivity contribution < 1.29 is 0 Å². The highest BCUT2D eigenvalue weighted by atomic mass is 79.9. The molecule has 0 nitrogen and oxygen atoms in total. The second kappa shape index (κ2) is 6.54. The zero-order valence-electron chi connectivity index (χ0n) is 12.8. The molecule has 0 aliphatic heterocycles. The smallest absolute Gasteiger partial charge is 0.0260 e. The number of rotatable bonds is 2. The zero-order chi connectivity index (χ0) is 16.5. The molecular weight excluding hydrogens is 424 g/mol. The molecule has 2 heteroatoms. The van der Waals surface area contributed by atoms with Crippen LogP contribution in [0.5, 0.6) is 0 Å². The lowest BCUT2D eigenvalue weighted by molar-refractivity contribution is 1.60. The third-order valence-electron chi connectivity index (χ3n) is 4.18. The van der Waals surface area contributed by atoms with Crippen LogP contribution in [0, 0.1) is 0 Å². The molecule has 0 amide bonds. The van der Waals surface area contributed by atoms with Gasteiger partial charge in [0.2, 0.25) is 0 Å². The zero-order valence-corrected chi connectivity index (χ0v) is 16.0. The Hall–Kier alpha value is -1.90. The standard InChI is InChI=1S/C22H14Br2/c23-21-13-17(15-7-3-1-4-8-15)11-19-20(21)12-18(14-22(19)24)16-9-5-2-6-10-16/h1-14H. The summed E-state index contributed by atoms with van der Waals surface area (Å²) in [6, 6.07) is 29.8. The average molecular weight is 438 g/mol. The van der Waals surface area contributed by atoms with Crippen molar-refractivity contribution in [3.05, 3.63) is 93.9 Å². The lowest BCUT2D eigenvalue weighted by atomic mass is 9.98. The van der Waals surface area contributed by atoms with Gasteiger partial charge in [0.1, 0.15) is 0 Å². The normalized spacial score (nSPS) is 10.9. The summed E-state index contributed by atoms with van der Waals surface area (Å²) in [5.41, 5.74) is 4.87. The van der Waals surface area contributed by atoms with Crippen LogP contribution in [0.2, 0.25) is 0 Å². The van der Waals surface area contributed by atoms with E-state index in [9.17, 15) is 0 Å². The van der Waals surface area contributed by atoms with Crippen molar-refractivity contribution in [3.8, 4) is 22.3 Å². The van der Waals surface area contributed by atoms with Gasteiger partial charge in [-0.1, -0.05) is 92.5 Å². The van der Waals surface area contributed by atoms with E-state index in [1.165, 1.54) is 33.0 Å². The minimum Gasteiger partial charge on any atom is -0.0622 e. The SMILES string of the molecule is Brc1cc(-c2ccccc2)cc2c(Br)cc(-c3ccccc3)cc12. The molecule has 0 atom stereocenters. The number of fused-ring (bicyclic) bond motifs is 1. The first kappa shape index (κ1) is 15.6. The maximum Gasteiger partial charge on any atom is 0.0260 e. The largest absolute Gasteiger partial charge is 0.0622 e. The highest BCUT2D eigenvalue weighted by molar-refractivity contribution is 9.11. The van der Waals surface area contributed by atoms with Crippen LogP contribution < -0.4 is 0 Å². The first-order valence-corrected chi connectivity index (χ1v) is 9.34. The first-order chi connectivity index (χ1) is 11.7. The Morgan fingerprint density at radius 2 is 0.792 bits per heavy atom. The summed E-state index contributed by atoms with van der Waals surface area (Å²) in [5.74, 6) is 0. The molecule has 0 saturated carbocycles. The summed E-state index contributed by atoms with van der Waals surface area (Å²) in [5, 5.41) is 2.42. The van der Waals surface area contributed by atoms with Crippen molar-refractivity contribution >= 4 is 42.6 Å². The van der Waals surface area contributed by atoms with Crippen LogP contribution in [-0.4, -0.2) is 0 Å². The number of halogens is 2. The van der Waals surface area contributed by atoms with E-state index >= 15 is 0 Å². The van der Waals surface area contributed by atoms with E-state index in [1.54, 1.807) is 0 Å². The topological polar surface area (TPSA) is 0 Å². The maximum absolute atomic E-state index is 3.77.